The van der Waals surface area contributed by atoms with Gasteiger partial charge in [-0.05, 0) is 26.4 Å². The minimum absolute atomic E-state index is 0.645. The molecule has 0 spiro atoms. The average Bonchev–Trinajstić information content (AvgIpc) is 2.19. The summed E-state index contributed by atoms with van der Waals surface area (Å²) in [5.74, 6) is 0. The van der Waals surface area contributed by atoms with Crippen LogP contribution in [0.4, 0.5) is 0 Å². The van der Waals surface area contributed by atoms with Crippen LogP contribution in [0.3, 0.4) is 0 Å². The van der Waals surface area contributed by atoms with Crippen LogP contribution in [0.1, 0.15) is 18.5 Å². The van der Waals surface area contributed by atoms with E-state index in [-0.39, 0.29) is 0 Å². The van der Waals surface area contributed by atoms with Gasteiger partial charge in [-0.2, -0.15) is 0 Å². The van der Waals surface area contributed by atoms with Gasteiger partial charge in [0.15, 0.2) is 0 Å². The third-order valence-corrected chi connectivity index (χ3v) is 2.70. The first kappa shape index (κ1) is 9.55. The molecule has 0 amide bonds. The lowest BCUT2D eigenvalue weighted by atomic mass is 9.90. The van der Waals surface area contributed by atoms with E-state index in [0.29, 0.717) is 12.2 Å². The summed E-state index contributed by atoms with van der Waals surface area (Å²) in [7, 11) is 2.01. The minimum atomic E-state index is -0.804. The Hall–Kier alpha value is -1.00. The fraction of sp³-hybridized carbons (Fsp3) is 0.600. The highest BCUT2D eigenvalue weighted by atomic mass is 16.3. The van der Waals surface area contributed by atoms with Crippen molar-refractivity contribution in [3.63, 3.8) is 0 Å². The quantitative estimate of drug-likeness (QED) is 0.701. The molecule has 0 aliphatic carbocycles. The third kappa shape index (κ3) is 1.76. The first-order valence-electron chi connectivity index (χ1n) is 4.88. The van der Waals surface area contributed by atoms with E-state index in [1.165, 1.54) is 0 Å². The molecule has 0 bridgehead atoms. The van der Waals surface area contributed by atoms with Gasteiger partial charge >= 0.3 is 0 Å². The molecule has 0 aromatic carbocycles. The van der Waals surface area contributed by atoms with E-state index < -0.39 is 5.60 Å². The number of likely N-dealkylation sites (N-methyl/N-ethyl adjacent to an activating group) is 1. The van der Waals surface area contributed by atoms with E-state index in [2.05, 4.69) is 14.9 Å². The van der Waals surface area contributed by atoms with E-state index in [1.54, 1.807) is 18.6 Å². The molecule has 2 rings (SSSR count). The highest BCUT2D eigenvalue weighted by molar-refractivity contribution is 5.10. The van der Waals surface area contributed by atoms with Gasteiger partial charge in [-0.25, -0.2) is 0 Å². The van der Waals surface area contributed by atoms with Gasteiger partial charge in [0.25, 0.3) is 0 Å². The third-order valence-electron chi connectivity index (χ3n) is 2.70. The maximum Gasteiger partial charge on any atom is 0.121 e. The first-order valence-corrected chi connectivity index (χ1v) is 4.88. The fourth-order valence-electron chi connectivity index (χ4n) is 1.99. The monoisotopic (exact) mass is 193 g/mol. The molecule has 1 aromatic rings. The van der Waals surface area contributed by atoms with Crippen LogP contribution in [0.15, 0.2) is 18.6 Å². The summed E-state index contributed by atoms with van der Waals surface area (Å²) in [5, 5.41) is 10.4. The maximum absolute atomic E-state index is 10.4. The Bertz CT molecular complexity index is 303. The molecule has 1 fully saturated rings. The molecule has 14 heavy (non-hydrogen) atoms. The van der Waals surface area contributed by atoms with Crippen molar-refractivity contribution in [2.24, 2.45) is 0 Å². The minimum Gasteiger partial charge on any atom is -0.382 e. The number of aromatic nitrogens is 2. The molecule has 1 aliphatic rings. The zero-order valence-electron chi connectivity index (χ0n) is 8.35. The molecule has 0 radical (unpaired) electrons. The van der Waals surface area contributed by atoms with Crippen molar-refractivity contribution >= 4 is 0 Å². The van der Waals surface area contributed by atoms with Gasteiger partial charge in [0.2, 0.25) is 0 Å². The number of nitrogens with zero attached hydrogens (tertiary/aromatic N) is 3. The first-order chi connectivity index (χ1) is 6.71. The Kier molecular flexibility index (Phi) is 2.48. The van der Waals surface area contributed by atoms with Gasteiger partial charge in [-0.15, -0.1) is 0 Å². The Morgan fingerprint density at radius 2 is 2.36 bits per heavy atom. The van der Waals surface area contributed by atoms with Crippen molar-refractivity contribution in [1.29, 1.82) is 0 Å². The molecule has 76 valence electrons. The van der Waals surface area contributed by atoms with Gasteiger partial charge in [-0.1, -0.05) is 0 Å². The van der Waals surface area contributed by atoms with Crippen LogP contribution in [0, 0.1) is 0 Å². The standard InChI is InChI=1S/C10H15N3O/c1-13-6-2-3-10(14,8-13)9-7-11-4-5-12-9/h4-5,7,14H,2-3,6,8H2,1H3. The second-order valence-electron chi connectivity index (χ2n) is 3.96. The van der Waals surface area contributed by atoms with Gasteiger partial charge in [-0.3, -0.25) is 9.97 Å². The van der Waals surface area contributed by atoms with E-state index in [4.69, 9.17) is 0 Å². The smallest absolute Gasteiger partial charge is 0.121 e. The lowest BCUT2D eigenvalue weighted by Gasteiger charge is -2.36. The highest BCUT2D eigenvalue weighted by Gasteiger charge is 2.34. The molecular weight excluding hydrogens is 178 g/mol. The molecular formula is C10H15N3O. The molecule has 0 saturated carbocycles. The summed E-state index contributed by atoms with van der Waals surface area (Å²) in [6.07, 6.45) is 6.68. The second kappa shape index (κ2) is 3.63. The zero-order chi connectivity index (χ0) is 10.0. The maximum atomic E-state index is 10.4. The SMILES string of the molecule is CN1CCCC(O)(c2cnccn2)C1. The second-order valence-corrected chi connectivity index (χ2v) is 3.96. The van der Waals surface area contributed by atoms with Crippen LogP contribution < -0.4 is 0 Å². The summed E-state index contributed by atoms with van der Waals surface area (Å²) in [6.45, 7) is 1.69. The van der Waals surface area contributed by atoms with E-state index in [9.17, 15) is 5.11 Å². The van der Waals surface area contributed by atoms with Crippen molar-refractivity contribution in [3.8, 4) is 0 Å². The summed E-state index contributed by atoms with van der Waals surface area (Å²) in [6, 6.07) is 0. The van der Waals surface area contributed by atoms with Crippen LogP contribution in [-0.2, 0) is 5.60 Å². The average molecular weight is 193 g/mol. The van der Waals surface area contributed by atoms with Gasteiger partial charge < -0.3 is 10.0 Å². The van der Waals surface area contributed by atoms with E-state index >= 15 is 0 Å². The Morgan fingerprint density at radius 3 is 3.00 bits per heavy atom. The van der Waals surface area contributed by atoms with Crippen molar-refractivity contribution in [2.75, 3.05) is 20.1 Å². The molecule has 1 N–H and O–H groups in total. The Balaban J connectivity index is 2.23. The molecule has 4 heteroatoms. The Morgan fingerprint density at radius 1 is 1.50 bits per heavy atom. The number of aliphatic hydroxyl groups is 1. The number of β-amino-alcohol motifs (C(OH)–C–C–N with tert-alkyl or cyclic N) is 1. The van der Waals surface area contributed by atoms with E-state index in [0.717, 1.165) is 19.4 Å². The predicted molar refractivity (Wildman–Crippen MR) is 52.7 cm³/mol. The molecule has 1 saturated heterocycles. The van der Waals surface area contributed by atoms with E-state index in [1.807, 2.05) is 7.05 Å². The van der Waals surface area contributed by atoms with Crippen molar-refractivity contribution < 1.29 is 5.11 Å². The van der Waals surface area contributed by atoms with Crippen LogP contribution in [-0.4, -0.2) is 40.1 Å². The summed E-state index contributed by atoms with van der Waals surface area (Å²) < 4.78 is 0. The van der Waals surface area contributed by atoms with Crippen LogP contribution in [0.5, 0.6) is 0 Å². The number of piperidine rings is 1. The molecule has 1 atom stereocenters. The van der Waals surface area contributed by atoms with Gasteiger partial charge in [0.05, 0.1) is 11.9 Å². The summed E-state index contributed by atoms with van der Waals surface area (Å²) >= 11 is 0. The molecule has 4 nitrogen and oxygen atoms in total. The van der Waals surface area contributed by atoms with Crippen LogP contribution in [0.2, 0.25) is 0 Å². The van der Waals surface area contributed by atoms with Crippen molar-refractivity contribution in [1.82, 2.24) is 14.9 Å². The number of likely N-dealkylation sites (tertiary alicyclic amines) is 1. The number of rotatable bonds is 1. The molecule has 1 aliphatic heterocycles. The van der Waals surface area contributed by atoms with Gasteiger partial charge in [0.1, 0.15) is 5.60 Å². The number of hydrogen-bond acceptors (Lipinski definition) is 4. The fourth-order valence-corrected chi connectivity index (χ4v) is 1.99. The topological polar surface area (TPSA) is 49.2 Å². The lowest BCUT2D eigenvalue weighted by Crippen LogP contribution is -2.44. The predicted octanol–water partition coefficient (Wildman–Crippen LogP) is 0.390. The largest absolute Gasteiger partial charge is 0.382 e. The Labute approximate surface area is 83.6 Å². The highest BCUT2D eigenvalue weighted by Crippen LogP contribution is 2.28. The number of hydrogen-bond donors (Lipinski definition) is 1. The van der Waals surface area contributed by atoms with Crippen molar-refractivity contribution in [2.45, 2.75) is 18.4 Å². The summed E-state index contributed by atoms with van der Waals surface area (Å²) in [4.78, 5) is 10.3. The zero-order valence-corrected chi connectivity index (χ0v) is 8.35. The lowest BCUT2D eigenvalue weighted by molar-refractivity contribution is -0.0314. The van der Waals surface area contributed by atoms with Crippen molar-refractivity contribution in [3.05, 3.63) is 24.3 Å². The molecule has 1 unspecified atom stereocenters. The van der Waals surface area contributed by atoms with Gasteiger partial charge in [0, 0.05) is 18.9 Å². The van der Waals surface area contributed by atoms with Crippen LogP contribution >= 0.6 is 0 Å². The molecule has 2 heterocycles. The molecule has 1 aromatic heterocycles. The van der Waals surface area contributed by atoms with Crippen LogP contribution in [0.25, 0.3) is 0 Å². The summed E-state index contributed by atoms with van der Waals surface area (Å²) in [5.41, 5.74) is -0.118. The normalized spacial score (nSPS) is 29.0.